The number of furan rings is 1. The molecule has 0 aromatic carbocycles. The second kappa shape index (κ2) is 9.09. The van der Waals surface area contributed by atoms with Gasteiger partial charge in [0.15, 0.2) is 5.16 Å². The van der Waals surface area contributed by atoms with Gasteiger partial charge in [0.1, 0.15) is 10.6 Å². The van der Waals surface area contributed by atoms with Crippen LogP contribution in [0.4, 0.5) is 0 Å². The second-order valence-electron chi connectivity index (χ2n) is 8.03. The van der Waals surface area contributed by atoms with E-state index in [0.29, 0.717) is 41.1 Å². The molecule has 10 heteroatoms. The van der Waals surface area contributed by atoms with Crippen LogP contribution >= 0.6 is 23.1 Å². The van der Waals surface area contributed by atoms with Crippen molar-refractivity contribution in [2.75, 3.05) is 13.1 Å². The van der Waals surface area contributed by atoms with E-state index < -0.39 is 10.0 Å². The first-order chi connectivity index (χ1) is 14.8. The van der Waals surface area contributed by atoms with Crippen molar-refractivity contribution in [3.05, 3.63) is 38.7 Å². The van der Waals surface area contributed by atoms with Gasteiger partial charge in [0.2, 0.25) is 5.09 Å². The highest BCUT2D eigenvalue weighted by Gasteiger charge is 2.30. The van der Waals surface area contributed by atoms with E-state index in [4.69, 9.17) is 4.42 Å². The van der Waals surface area contributed by atoms with E-state index in [-0.39, 0.29) is 10.7 Å². The van der Waals surface area contributed by atoms with E-state index in [2.05, 4.69) is 23.8 Å². The highest BCUT2D eigenvalue weighted by molar-refractivity contribution is 7.98. The smallest absolute Gasteiger partial charge is 0.276 e. The topological polar surface area (TPSA) is 96.3 Å². The monoisotopic (exact) mass is 481 g/mol. The number of aromatic nitrogens is 2. The van der Waals surface area contributed by atoms with Gasteiger partial charge in [-0.05, 0) is 49.8 Å². The van der Waals surface area contributed by atoms with Crippen molar-refractivity contribution < 1.29 is 12.8 Å². The van der Waals surface area contributed by atoms with Gasteiger partial charge in [-0.15, -0.1) is 11.3 Å². The zero-order valence-electron chi connectivity index (χ0n) is 17.9. The maximum atomic E-state index is 12.8. The molecule has 0 amide bonds. The molecule has 1 aliphatic rings. The maximum Gasteiger partial charge on any atom is 0.276 e. The Morgan fingerprint density at radius 2 is 2.06 bits per heavy atom. The summed E-state index contributed by atoms with van der Waals surface area (Å²) in [5.74, 6) is 1.42. The molecule has 1 saturated heterocycles. The number of nitrogens with zero attached hydrogens (tertiary/aromatic N) is 2. The Morgan fingerprint density at radius 3 is 2.77 bits per heavy atom. The molecular weight excluding hydrogens is 454 g/mol. The summed E-state index contributed by atoms with van der Waals surface area (Å²) < 4.78 is 32.3. The van der Waals surface area contributed by atoms with Crippen molar-refractivity contribution in [1.29, 1.82) is 0 Å². The first-order valence-corrected chi connectivity index (χ1v) is 13.8. The van der Waals surface area contributed by atoms with Crippen LogP contribution in [0.5, 0.6) is 0 Å². The van der Waals surface area contributed by atoms with Crippen molar-refractivity contribution in [2.24, 2.45) is 5.92 Å². The van der Waals surface area contributed by atoms with Crippen LogP contribution in [-0.2, 0) is 22.2 Å². The van der Waals surface area contributed by atoms with Crippen molar-refractivity contribution in [1.82, 2.24) is 14.3 Å². The number of aromatic amines is 1. The van der Waals surface area contributed by atoms with Gasteiger partial charge in [-0.2, -0.15) is 4.31 Å². The zero-order chi connectivity index (χ0) is 22.2. The Hall–Kier alpha value is -1.62. The number of hydrogen-bond donors (Lipinski definition) is 1. The minimum atomic E-state index is -3.57. The molecule has 1 atom stereocenters. The number of thioether (sulfide) groups is 1. The third-order valence-corrected chi connectivity index (χ3v) is 9.45. The molecule has 3 aromatic heterocycles. The fraction of sp³-hybridized carbons (Fsp3) is 0.524. The molecule has 0 aliphatic carbocycles. The first kappa shape index (κ1) is 22.6. The van der Waals surface area contributed by atoms with Gasteiger partial charge < -0.3 is 9.40 Å². The fourth-order valence-corrected chi connectivity index (χ4v) is 7.04. The molecule has 1 unspecified atom stereocenters. The highest BCUT2D eigenvalue weighted by atomic mass is 32.2. The summed E-state index contributed by atoms with van der Waals surface area (Å²) in [6.45, 7) is 7.47. The lowest BCUT2D eigenvalue weighted by atomic mass is 9.98. The molecule has 168 valence electrons. The lowest BCUT2D eigenvalue weighted by Gasteiger charge is -2.12. The summed E-state index contributed by atoms with van der Waals surface area (Å²) >= 11 is 2.88. The quantitative estimate of drug-likeness (QED) is 0.374. The summed E-state index contributed by atoms with van der Waals surface area (Å²) in [6, 6.07) is 3.18. The number of aryl methyl sites for hydroxylation is 1. The van der Waals surface area contributed by atoms with Crippen LogP contribution in [0.15, 0.2) is 31.6 Å². The summed E-state index contributed by atoms with van der Waals surface area (Å²) in [5, 5.41) is 1.18. The highest BCUT2D eigenvalue weighted by Crippen LogP contribution is 2.31. The van der Waals surface area contributed by atoms with E-state index in [1.54, 1.807) is 17.4 Å². The predicted octanol–water partition coefficient (Wildman–Crippen LogP) is 4.55. The Kier molecular flexibility index (Phi) is 6.62. The number of sulfonamides is 1. The third kappa shape index (κ3) is 4.62. The maximum absolute atomic E-state index is 12.8. The van der Waals surface area contributed by atoms with E-state index >= 15 is 0 Å². The number of fused-ring (bicyclic) bond motifs is 1. The van der Waals surface area contributed by atoms with Gasteiger partial charge in [0.25, 0.3) is 15.6 Å². The molecule has 1 N–H and O–H groups in total. The van der Waals surface area contributed by atoms with Crippen molar-refractivity contribution in [3.8, 4) is 0 Å². The molecule has 3 aromatic rings. The normalized spacial score (nSPS) is 16.4. The largest absolute Gasteiger partial charge is 0.447 e. The van der Waals surface area contributed by atoms with Gasteiger partial charge in [-0.1, -0.05) is 32.0 Å². The van der Waals surface area contributed by atoms with Crippen molar-refractivity contribution in [3.63, 3.8) is 0 Å². The van der Waals surface area contributed by atoms with Crippen molar-refractivity contribution >= 4 is 43.3 Å². The molecule has 1 aliphatic heterocycles. The zero-order valence-corrected chi connectivity index (χ0v) is 20.4. The molecule has 4 heterocycles. The summed E-state index contributed by atoms with van der Waals surface area (Å²) in [7, 11) is -3.57. The Morgan fingerprint density at radius 1 is 1.32 bits per heavy atom. The lowest BCUT2D eigenvalue weighted by molar-refractivity contribution is 0.397. The summed E-state index contributed by atoms with van der Waals surface area (Å²) in [6.07, 6.45) is 3.70. The Labute approximate surface area is 190 Å². The van der Waals surface area contributed by atoms with Crippen LogP contribution in [0.2, 0.25) is 0 Å². The van der Waals surface area contributed by atoms with Gasteiger partial charge in [0.05, 0.1) is 11.1 Å². The molecular formula is C21H27N3O4S3. The van der Waals surface area contributed by atoms with Crippen LogP contribution in [-0.4, -0.2) is 35.8 Å². The minimum Gasteiger partial charge on any atom is -0.447 e. The number of H-pyrrole nitrogens is 1. The second-order valence-corrected chi connectivity index (χ2v) is 12.1. The fourth-order valence-electron chi connectivity index (χ4n) is 3.73. The van der Waals surface area contributed by atoms with Crippen LogP contribution < -0.4 is 5.56 Å². The summed E-state index contributed by atoms with van der Waals surface area (Å²) in [5.41, 5.74) is 0.981. The molecule has 31 heavy (non-hydrogen) atoms. The van der Waals surface area contributed by atoms with Gasteiger partial charge in [0, 0.05) is 18.0 Å². The molecule has 7 nitrogen and oxygen atoms in total. The van der Waals surface area contributed by atoms with Gasteiger partial charge >= 0.3 is 0 Å². The van der Waals surface area contributed by atoms with Crippen molar-refractivity contribution in [2.45, 2.75) is 62.5 Å². The first-order valence-electron chi connectivity index (χ1n) is 10.5. The number of hydrogen-bond acceptors (Lipinski definition) is 7. The van der Waals surface area contributed by atoms with Crippen LogP contribution in [0.25, 0.3) is 10.2 Å². The molecule has 4 rings (SSSR count). The number of rotatable bonds is 8. The molecule has 0 spiro atoms. The van der Waals surface area contributed by atoms with E-state index in [1.807, 2.05) is 6.92 Å². The van der Waals surface area contributed by atoms with Crippen LogP contribution in [0, 0.1) is 12.8 Å². The number of nitrogens with one attached hydrogen (secondary N) is 1. The molecule has 0 radical (unpaired) electrons. The van der Waals surface area contributed by atoms with Crippen LogP contribution in [0.3, 0.4) is 0 Å². The molecule has 0 saturated carbocycles. The van der Waals surface area contributed by atoms with Gasteiger partial charge in [-0.25, -0.2) is 13.4 Å². The van der Waals surface area contributed by atoms with E-state index in [9.17, 15) is 13.2 Å². The average Bonchev–Trinajstić information content (AvgIpc) is 3.47. The molecule has 1 fully saturated rings. The van der Waals surface area contributed by atoms with Gasteiger partial charge in [-0.3, -0.25) is 4.79 Å². The van der Waals surface area contributed by atoms with E-state index in [1.165, 1.54) is 22.1 Å². The average molecular weight is 482 g/mol. The standard InChI is InChI=1S/C21H27N3O4S3/c1-4-13(2)11-16-14(3)30-20-18(16)19(25)22-21(23-20)29-12-15-7-8-17(28-15)31(26,27)24-9-5-6-10-24/h7-8,13H,4-6,9-12H2,1-3H3,(H,22,23,25). The Bertz CT molecular complexity index is 1240. The summed E-state index contributed by atoms with van der Waals surface area (Å²) in [4.78, 5) is 22.2. The number of thiophene rings is 1. The molecule has 0 bridgehead atoms. The SMILES string of the molecule is CCC(C)Cc1c(C)sc2nc(SCc3ccc(S(=O)(=O)N4CCCC4)o3)[nH]c(=O)c12. The predicted molar refractivity (Wildman–Crippen MR) is 124 cm³/mol. The third-order valence-electron chi connectivity index (χ3n) is 5.74. The van der Waals surface area contributed by atoms with Crippen LogP contribution in [0.1, 0.15) is 49.3 Å². The minimum absolute atomic E-state index is 0.0227. The van der Waals surface area contributed by atoms with E-state index in [0.717, 1.165) is 41.0 Å². The lowest BCUT2D eigenvalue weighted by Crippen LogP contribution is -2.27. The Balaban J connectivity index is 1.51.